The summed E-state index contributed by atoms with van der Waals surface area (Å²) in [5.74, 6) is -1.91. The number of halogens is 3. The van der Waals surface area contributed by atoms with E-state index in [0.29, 0.717) is 6.07 Å². The number of benzene rings is 1. The molecule has 1 saturated carbocycles. The fraction of sp³-hybridized carbons (Fsp3) is 0.429. The Morgan fingerprint density at radius 2 is 1.95 bits per heavy atom. The molecule has 0 heterocycles. The largest absolute Gasteiger partial charge is 0.478 e. The molecule has 4 nitrogen and oxygen atoms in total. The SMILES string of the molecule is CC(C(=O)Nc1ccc(C(F)(F)F)cc1C(=O)O)C1CC1. The summed E-state index contributed by atoms with van der Waals surface area (Å²) in [6.45, 7) is 1.72. The van der Waals surface area contributed by atoms with Gasteiger partial charge in [-0.25, -0.2) is 4.79 Å². The molecule has 0 spiro atoms. The average molecular weight is 301 g/mol. The highest BCUT2D eigenvalue weighted by molar-refractivity contribution is 6.01. The van der Waals surface area contributed by atoms with E-state index in [1.807, 2.05) is 0 Å². The zero-order chi connectivity index (χ0) is 15.8. The Hall–Kier alpha value is -2.05. The molecule has 2 rings (SSSR count). The second kappa shape index (κ2) is 5.38. The fourth-order valence-corrected chi connectivity index (χ4v) is 2.06. The normalized spacial score (nSPS) is 16.4. The molecule has 0 aliphatic heterocycles. The minimum absolute atomic E-state index is 0.118. The summed E-state index contributed by atoms with van der Waals surface area (Å²) < 4.78 is 37.8. The molecule has 1 amide bonds. The number of amides is 1. The molecule has 1 aliphatic carbocycles. The number of carbonyl (C=O) groups is 2. The number of aromatic carboxylic acids is 1. The van der Waals surface area contributed by atoms with Gasteiger partial charge in [0.05, 0.1) is 16.8 Å². The van der Waals surface area contributed by atoms with Gasteiger partial charge in [-0.3, -0.25) is 4.79 Å². The van der Waals surface area contributed by atoms with Crippen LogP contribution in [-0.2, 0) is 11.0 Å². The van der Waals surface area contributed by atoms with Gasteiger partial charge in [0, 0.05) is 5.92 Å². The lowest BCUT2D eigenvalue weighted by molar-refractivity contribution is -0.137. The summed E-state index contributed by atoms with van der Waals surface area (Å²) >= 11 is 0. The van der Waals surface area contributed by atoms with Crippen LogP contribution in [0.2, 0.25) is 0 Å². The highest BCUT2D eigenvalue weighted by Gasteiger charge is 2.34. The predicted octanol–water partition coefficient (Wildman–Crippen LogP) is 3.39. The van der Waals surface area contributed by atoms with Crippen LogP contribution in [-0.4, -0.2) is 17.0 Å². The van der Waals surface area contributed by atoms with Gasteiger partial charge in [-0.1, -0.05) is 6.92 Å². The van der Waals surface area contributed by atoms with E-state index in [2.05, 4.69) is 5.32 Å². The Bertz CT molecular complexity index is 579. The Balaban J connectivity index is 2.26. The summed E-state index contributed by atoms with van der Waals surface area (Å²) in [6, 6.07) is 2.26. The number of carboxylic acids is 1. The van der Waals surface area contributed by atoms with Crippen molar-refractivity contribution in [2.24, 2.45) is 11.8 Å². The van der Waals surface area contributed by atoms with E-state index in [-0.39, 0.29) is 23.4 Å². The average Bonchev–Trinajstić information content (AvgIpc) is 3.20. The molecule has 0 aromatic heterocycles. The van der Waals surface area contributed by atoms with Crippen molar-refractivity contribution in [3.8, 4) is 0 Å². The number of anilines is 1. The molecule has 7 heteroatoms. The highest BCUT2D eigenvalue weighted by atomic mass is 19.4. The van der Waals surface area contributed by atoms with E-state index in [1.54, 1.807) is 6.92 Å². The molecule has 1 aliphatic rings. The lowest BCUT2D eigenvalue weighted by atomic mass is 10.0. The van der Waals surface area contributed by atoms with Gasteiger partial charge >= 0.3 is 12.1 Å². The first-order valence-corrected chi connectivity index (χ1v) is 6.45. The smallest absolute Gasteiger partial charge is 0.416 e. The van der Waals surface area contributed by atoms with Crippen molar-refractivity contribution in [3.63, 3.8) is 0 Å². The molecule has 1 unspecified atom stereocenters. The van der Waals surface area contributed by atoms with Crippen molar-refractivity contribution in [2.75, 3.05) is 5.32 Å². The van der Waals surface area contributed by atoms with Crippen molar-refractivity contribution in [3.05, 3.63) is 29.3 Å². The maximum Gasteiger partial charge on any atom is 0.416 e. The molecule has 0 saturated heterocycles. The summed E-state index contributed by atoms with van der Waals surface area (Å²) in [5, 5.41) is 11.4. The molecule has 114 valence electrons. The van der Waals surface area contributed by atoms with E-state index in [9.17, 15) is 22.8 Å². The van der Waals surface area contributed by atoms with Crippen LogP contribution in [0.5, 0.6) is 0 Å². The van der Waals surface area contributed by atoms with Gasteiger partial charge < -0.3 is 10.4 Å². The third-order valence-corrected chi connectivity index (χ3v) is 3.58. The number of nitrogens with one attached hydrogen (secondary N) is 1. The van der Waals surface area contributed by atoms with E-state index in [0.717, 1.165) is 25.0 Å². The van der Waals surface area contributed by atoms with Crippen molar-refractivity contribution in [2.45, 2.75) is 25.9 Å². The molecule has 1 aromatic carbocycles. The standard InChI is InChI=1S/C14H14F3NO3/c1-7(8-2-3-8)12(19)18-11-5-4-9(14(15,16)17)6-10(11)13(20)21/h4-8H,2-3H2,1H3,(H,18,19)(H,20,21). The Labute approximate surface area is 119 Å². The van der Waals surface area contributed by atoms with E-state index < -0.39 is 23.3 Å². The number of hydrogen-bond donors (Lipinski definition) is 2. The Morgan fingerprint density at radius 3 is 2.43 bits per heavy atom. The van der Waals surface area contributed by atoms with Crippen molar-refractivity contribution in [1.82, 2.24) is 0 Å². The van der Waals surface area contributed by atoms with Crippen molar-refractivity contribution >= 4 is 17.6 Å². The van der Waals surface area contributed by atoms with Gasteiger partial charge in [0.1, 0.15) is 0 Å². The molecular formula is C14H14F3NO3. The van der Waals surface area contributed by atoms with Crippen molar-refractivity contribution < 1.29 is 27.9 Å². The molecule has 0 radical (unpaired) electrons. The summed E-state index contributed by atoms with van der Waals surface area (Å²) in [6.07, 6.45) is -2.76. The van der Waals surface area contributed by atoms with Gasteiger partial charge in [-0.2, -0.15) is 13.2 Å². The summed E-state index contributed by atoms with van der Waals surface area (Å²) in [4.78, 5) is 23.0. The van der Waals surface area contributed by atoms with Crippen LogP contribution < -0.4 is 5.32 Å². The molecule has 1 fully saturated rings. The summed E-state index contributed by atoms with van der Waals surface area (Å²) in [5.41, 5.74) is -1.75. The second-order valence-corrected chi connectivity index (χ2v) is 5.18. The van der Waals surface area contributed by atoms with Crippen LogP contribution in [0, 0.1) is 11.8 Å². The topological polar surface area (TPSA) is 66.4 Å². The van der Waals surface area contributed by atoms with Crippen LogP contribution in [0.4, 0.5) is 18.9 Å². The van der Waals surface area contributed by atoms with E-state index in [4.69, 9.17) is 5.11 Å². The van der Waals surface area contributed by atoms with Crippen LogP contribution >= 0.6 is 0 Å². The Morgan fingerprint density at radius 1 is 1.33 bits per heavy atom. The lowest BCUT2D eigenvalue weighted by Gasteiger charge is -2.14. The third kappa shape index (κ3) is 3.53. The minimum Gasteiger partial charge on any atom is -0.478 e. The fourth-order valence-electron chi connectivity index (χ4n) is 2.06. The summed E-state index contributed by atoms with van der Waals surface area (Å²) in [7, 11) is 0. The number of hydrogen-bond acceptors (Lipinski definition) is 2. The van der Waals surface area contributed by atoms with Gasteiger partial charge in [-0.05, 0) is 37.0 Å². The quantitative estimate of drug-likeness (QED) is 0.896. The molecule has 21 heavy (non-hydrogen) atoms. The van der Waals surface area contributed by atoms with Crippen LogP contribution in [0.3, 0.4) is 0 Å². The van der Waals surface area contributed by atoms with E-state index >= 15 is 0 Å². The maximum atomic E-state index is 12.6. The zero-order valence-corrected chi connectivity index (χ0v) is 11.2. The number of alkyl halides is 3. The first-order chi connectivity index (χ1) is 9.70. The first-order valence-electron chi connectivity index (χ1n) is 6.45. The lowest BCUT2D eigenvalue weighted by Crippen LogP contribution is -2.23. The van der Waals surface area contributed by atoms with Crippen LogP contribution in [0.15, 0.2) is 18.2 Å². The maximum absolute atomic E-state index is 12.6. The molecule has 1 atom stereocenters. The minimum atomic E-state index is -4.63. The molecular weight excluding hydrogens is 287 g/mol. The first kappa shape index (κ1) is 15.3. The second-order valence-electron chi connectivity index (χ2n) is 5.18. The number of carbonyl (C=O) groups excluding carboxylic acids is 1. The van der Waals surface area contributed by atoms with Gasteiger partial charge in [0.15, 0.2) is 0 Å². The van der Waals surface area contributed by atoms with Crippen LogP contribution in [0.1, 0.15) is 35.7 Å². The zero-order valence-electron chi connectivity index (χ0n) is 11.2. The number of carboxylic acid groups (broad SMARTS) is 1. The van der Waals surface area contributed by atoms with Gasteiger partial charge in [0.25, 0.3) is 0 Å². The predicted molar refractivity (Wildman–Crippen MR) is 68.9 cm³/mol. The van der Waals surface area contributed by atoms with Crippen LogP contribution in [0.25, 0.3) is 0 Å². The highest BCUT2D eigenvalue weighted by Crippen LogP contribution is 2.37. The molecule has 1 aromatic rings. The van der Waals surface area contributed by atoms with Gasteiger partial charge in [-0.15, -0.1) is 0 Å². The monoisotopic (exact) mass is 301 g/mol. The van der Waals surface area contributed by atoms with Crippen molar-refractivity contribution in [1.29, 1.82) is 0 Å². The molecule has 0 bridgehead atoms. The Kier molecular flexibility index (Phi) is 3.93. The van der Waals surface area contributed by atoms with E-state index in [1.165, 1.54) is 0 Å². The third-order valence-electron chi connectivity index (χ3n) is 3.58. The molecule has 2 N–H and O–H groups in total. The van der Waals surface area contributed by atoms with Gasteiger partial charge in [0.2, 0.25) is 5.91 Å². The number of rotatable bonds is 4.